The van der Waals surface area contributed by atoms with E-state index in [0.717, 1.165) is 16.1 Å². The van der Waals surface area contributed by atoms with Crippen LogP contribution in [0.2, 0.25) is 5.02 Å². The summed E-state index contributed by atoms with van der Waals surface area (Å²) in [6.45, 7) is 0. The van der Waals surface area contributed by atoms with Crippen molar-refractivity contribution in [3.05, 3.63) is 41.4 Å². The Morgan fingerprint density at radius 1 is 0.963 bits per heavy atom. The summed E-state index contributed by atoms with van der Waals surface area (Å²) in [7, 11) is 4.70. The number of methoxy groups -OCH3 is 3. The Bertz CT molecular complexity index is 1100. The lowest BCUT2D eigenvalue weighted by molar-refractivity contribution is 0.324. The molecule has 0 fully saturated rings. The molecular formula is C18H15ClN4O3S. The number of rotatable bonds is 5. The predicted molar refractivity (Wildman–Crippen MR) is 104 cm³/mol. The number of fused-ring (bicyclic) bond motifs is 1. The molecule has 0 unspecified atom stereocenters. The van der Waals surface area contributed by atoms with Gasteiger partial charge in [0.25, 0.3) is 0 Å². The van der Waals surface area contributed by atoms with Crippen LogP contribution in [0.4, 0.5) is 0 Å². The third kappa shape index (κ3) is 2.96. The minimum Gasteiger partial charge on any atom is -0.493 e. The first-order valence-electron chi connectivity index (χ1n) is 7.93. The second-order valence-electron chi connectivity index (χ2n) is 5.52. The summed E-state index contributed by atoms with van der Waals surface area (Å²) >= 11 is 7.71. The third-order valence-electron chi connectivity index (χ3n) is 4.02. The molecule has 0 radical (unpaired) electrons. The van der Waals surface area contributed by atoms with Gasteiger partial charge in [-0.3, -0.25) is 0 Å². The van der Waals surface area contributed by atoms with Crippen LogP contribution in [0, 0.1) is 0 Å². The average molecular weight is 403 g/mol. The zero-order valence-corrected chi connectivity index (χ0v) is 16.3. The molecule has 0 amide bonds. The molecule has 138 valence electrons. The molecule has 0 aliphatic heterocycles. The van der Waals surface area contributed by atoms with Gasteiger partial charge in [0.1, 0.15) is 5.01 Å². The SMILES string of the molecule is COc1cc(-c2nnc3sc(-c4ccccc4Cl)nn23)cc(OC)c1OC. The molecule has 0 aliphatic rings. The maximum Gasteiger partial charge on any atom is 0.235 e. The van der Waals surface area contributed by atoms with Crippen molar-refractivity contribution in [1.82, 2.24) is 19.8 Å². The molecule has 9 heteroatoms. The number of aromatic nitrogens is 4. The van der Waals surface area contributed by atoms with E-state index in [1.54, 1.807) is 25.8 Å². The van der Waals surface area contributed by atoms with Gasteiger partial charge in [0.15, 0.2) is 17.3 Å². The van der Waals surface area contributed by atoms with Gasteiger partial charge in [0.2, 0.25) is 10.7 Å². The summed E-state index contributed by atoms with van der Waals surface area (Å²) in [5, 5.41) is 14.5. The van der Waals surface area contributed by atoms with Crippen molar-refractivity contribution < 1.29 is 14.2 Å². The Hall–Kier alpha value is -2.84. The van der Waals surface area contributed by atoms with E-state index in [0.29, 0.717) is 33.1 Å². The van der Waals surface area contributed by atoms with Gasteiger partial charge >= 0.3 is 0 Å². The van der Waals surface area contributed by atoms with Gasteiger partial charge in [0, 0.05) is 11.1 Å². The summed E-state index contributed by atoms with van der Waals surface area (Å²) in [5.74, 6) is 2.15. The summed E-state index contributed by atoms with van der Waals surface area (Å²) in [4.78, 5) is 0.661. The van der Waals surface area contributed by atoms with Crippen molar-refractivity contribution in [2.24, 2.45) is 0 Å². The fourth-order valence-corrected chi connectivity index (χ4v) is 3.91. The number of ether oxygens (including phenoxy) is 3. The van der Waals surface area contributed by atoms with E-state index >= 15 is 0 Å². The zero-order valence-electron chi connectivity index (χ0n) is 14.8. The van der Waals surface area contributed by atoms with Crippen LogP contribution in [0.1, 0.15) is 0 Å². The quantitative estimate of drug-likeness (QED) is 0.498. The molecule has 4 aromatic rings. The van der Waals surface area contributed by atoms with Crippen LogP contribution in [0.25, 0.3) is 26.9 Å². The fourth-order valence-electron chi connectivity index (χ4n) is 2.75. The molecule has 0 saturated heterocycles. The lowest BCUT2D eigenvalue weighted by Crippen LogP contribution is -1.97. The predicted octanol–water partition coefficient (Wildman–Crippen LogP) is 4.20. The largest absolute Gasteiger partial charge is 0.493 e. The van der Waals surface area contributed by atoms with Crippen LogP contribution < -0.4 is 14.2 Å². The van der Waals surface area contributed by atoms with Crippen LogP contribution in [-0.4, -0.2) is 41.1 Å². The maximum atomic E-state index is 6.30. The molecule has 2 heterocycles. The van der Waals surface area contributed by atoms with E-state index in [-0.39, 0.29) is 0 Å². The molecule has 4 rings (SSSR count). The van der Waals surface area contributed by atoms with E-state index in [4.69, 9.17) is 25.8 Å². The first-order valence-corrected chi connectivity index (χ1v) is 9.13. The van der Waals surface area contributed by atoms with Crippen molar-refractivity contribution in [3.8, 4) is 39.2 Å². The molecule has 0 bridgehead atoms. The first kappa shape index (κ1) is 17.6. The molecule has 7 nitrogen and oxygen atoms in total. The van der Waals surface area contributed by atoms with Gasteiger partial charge in [-0.2, -0.15) is 9.61 Å². The van der Waals surface area contributed by atoms with Gasteiger partial charge in [-0.15, -0.1) is 10.2 Å². The molecule has 2 aromatic heterocycles. The molecule has 0 spiro atoms. The highest BCUT2D eigenvalue weighted by atomic mass is 35.5. The second-order valence-corrected chi connectivity index (χ2v) is 6.88. The maximum absolute atomic E-state index is 6.30. The van der Waals surface area contributed by atoms with Gasteiger partial charge in [-0.1, -0.05) is 41.1 Å². The summed E-state index contributed by atoms with van der Waals surface area (Å²) < 4.78 is 17.9. The van der Waals surface area contributed by atoms with Gasteiger partial charge in [-0.25, -0.2) is 0 Å². The zero-order chi connectivity index (χ0) is 19.0. The third-order valence-corrected chi connectivity index (χ3v) is 5.28. The topological polar surface area (TPSA) is 70.8 Å². The molecule has 0 atom stereocenters. The number of hydrogen-bond donors (Lipinski definition) is 0. The van der Waals surface area contributed by atoms with E-state index < -0.39 is 0 Å². The molecule has 27 heavy (non-hydrogen) atoms. The van der Waals surface area contributed by atoms with E-state index in [1.165, 1.54) is 11.3 Å². The normalized spacial score (nSPS) is 11.0. The Balaban J connectivity index is 1.87. The standard InChI is InChI=1S/C18H15ClN4O3S/c1-24-13-8-10(9-14(25-2)15(13)26-3)16-20-21-18-23(16)22-17(27-18)11-6-4-5-7-12(11)19/h4-9H,1-3H3. The molecule has 2 aromatic carbocycles. The van der Waals surface area contributed by atoms with E-state index in [1.807, 2.05) is 36.4 Å². The van der Waals surface area contributed by atoms with Crippen LogP contribution in [-0.2, 0) is 0 Å². The molecule has 0 saturated carbocycles. The summed E-state index contributed by atoms with van der Waals surface area (Å²) in [6.07, 6.45) is 0. The Morgan fingerprint density at radius 2 is 1.67 bits per heavy atom. The Morgan fingerprint density at radius 3 is 2.30 bits per heavy atom. The van der Waals surface area contributed by atoms with Crippen molar-refractivity contribution in [2.45, 2.75) is 0 Å². The Kier molecular flexibility index (Phi) is 4.59. The smallest absolute Gasteiger partial charge is 0.235 e. The summed E-state index contributed by atoms with van der Waals surface area (Å²) in [6, 6.07) is 11.2. The van der Waals surface area contributed by atoms with Crippen molar-refractivity contribution in [1.29, 1.82) is 0 Å². The highest BCUT2D eigenvalue weighted by Gasteiger charge is 2.20. The van der Waals surface area contributed by atoms with Crippen molar-refractivity contribution in [2.75, 3.05) is 21.3 Å². The number of nitrogens with zero attached hydrogens (tertiary/aromatic N) is 4. The minimum absolute atomic E-state index is 0.513. The second kappa shape index (κ2) is 7.05. The van der Waals surface area contributed by atoms with Gasteiger partial charge in [0.05, 0.1) is 26.4 Å². The number of benzene rings is 2. The van der Waals surface area contributed by atoms with Crippen LogP contribution in [0.5, 0.6) is 17.2 Å². The van der Waals surface area contributed by atoms with Crippen molar-refractivity contribution in [3.63, 3.8) is 0 Å². The molecule has 0 N–H and O–H groups in total. The number of hydrogen-bond acceptors (Lipinski definition) is 7. The lowest BCUT2D eigenvalue weighted by atomic mass is 10.1. The highest BCUT2D eigenvalue weighted by Crippen LogP contribution is 2.41. The minimum atomic E-state index is 0.513. The number of halogens is 1. The first-order chi connectivity index (χ1) is 13.2. The molecular weight excluding hydrogens is 388 g/mol. The van der Waals surface area contributed by atoms with Crippen LogP contribution >= 0.6 is 22.9 Å². The average Bonchev–Trinajstić information content (AvgIpc) is 3.27. The summed E-state index contributed by atoms with van der Waals surface area (Å²) in [5.41, 5.74) is 1.60. The van der Waals surface area contributed by atoms with Gasteiger partial charge in [-0.05, 0) is 18.2 Å². The fraction of sp³-hybridized carbons (Fsp3) is 0.167. The van der Waals surface area contributed by atoms with Crippen LogP contribution in [0.15, 0.2) is 36.4 Å². The van der Waals surface area contributed by atoms with Crippen molar-refractivity contribution >= 4 is 27.9 Å². The van der Waals surface area contributed by atoms with Crippen LogP contribution in [0.3, 0.4) is 0 Å². The monoisotopic (exact) mass is 402 g/mol. The Labute approximate surface area is 164 Å². The van der Waals surface area contributed by atoms with E-state index in [2.05, 4.69) is 15.3 Å². The molecule has 0 aliphatic carbocycles. The highest BCUT2D eigenvalue weighted by molar-refractivity contribution is 7.19. The van der Waals surface area contributed by atoms with Gasteiger partial charge < -0.3 is 14.2 Å². The van der Waals surface area contributed by atoms with E-state index in [9.17, 15) is 0 Å². The lowest BCUT2D eigenvalue weighted by Gasteiger charge is -2.13.